The summed E-state index contributed by atoms with van der Waals surface area (Å²) in [6.45, 7) is 0. The minimum Gasteiger partial charge on any atom is -0.399 e. The summed E-state index contributed by atoms with van der Waals surface area (Å²) in [4.78, 5) is 0. The Bertz CT molecular complexity index is 945. The number of hydrogen-bond donors (Lipinski definition) is 2. The van der Waals surface area contributed by atoms with Crippen molar-refractivity contribution in [3.8, 4) is 33.4 Å². The van der Waals surface area contributed by atoms with Crippen LogP contribution in [0.3, 0.4) is 0 Å². The first-order valence-corrected chi connectivity index (χ1v) is 8.62. The number of hydrogen-bond acceptors (Lipinski definition) is 2. The van der Waals surface area contributed by atoms with Crippen molar-refractivity contribution in [2.75, 3.05) is 11.5 Å². The van der Waals surface area contributed by atoms with Gasteiger partial charge in [0.15, 0.2) is 0 Å². The summed E-state index contributed by atoms with van der Waals surface area (Å²) in [5.41, 5.74) is 20.3. The Hall–Kier alpha value is -3.52. The van der Waals surface area contributed by atoms with Gasteiger partial charge in [-0.15, -0.1) is 0 Å². The Kier molecular flexibility index (Phi) is 4.16. The maximum Gasteiger partial charge on any atom is 0.0314 e. The third-order valence-electron chi connectivity index (χ3n) is 4.59. The largest absolute Gasteiger partial charge is 0.399 e. The molecule has 0 bridgehead atoms. The fraction of sp³-hybridized carbons (Fsp3) is 0. The lowest BCUT2D eigenvalue weighted by molar-refractivity contribution is 1.56. The first kappa shape index (κ1) is 16.0. The van der Waals surface area contributed by atoms with Crippen molar-refractivity contribution in [2.24, 2.45) is 0 Å². The first-order valence-electron chi connectivity index (χ1n) is 8.62. The molecule has 0 saturated heterocycles. The smallest absolute Gasteiger partial charge is 0.0314 e. The van der Waals surface area contributed by atoms with Gasteiger partial charge in [0.2, 0.25) is 0 Å². The predicted molar refractivity (Wildman–Crippen MR) is 112 cm³/mol. The fourth-order valence-corrected chi connectivity index (χ4v) is 3.26. The zero-order chi connectivity index (χ0) is 17.9. The topological polar surface area (TPSA) is 52.0 Å². The van der Waals surface area contributed by atoms with Gasteiger partial charge >= 0.3 is 0 Å². The second kappa shape index (κ2) is 6.77. The predicted octanol–water partition coefficient (Wildman–Crippen LogP) is 5.85. The molecule has 0 aromatic heterocycles. The van der Waals surface area contributed by atoms with E-state index in [1.54, 1.807) is 0 Å². The van der Waals surface area contributed by atoms with Gasteiger partial charge in [-0.3, -0.25) is 0 Å². The van der Waals surface area contributed by atoms with Crippen molar-refractivity contribution in [3.63, 3.8) is 0 Å². The summed E-state index contributed by atoms with van der Waals surface area (Å²) < 4.78 is 0. The Morgan fingerprint density at radius 3 is 1.00 bits per heavy atom. The Balaban J connectivity index is 1.90. The number of nitrogen functional groups attached to an aromatic ring is 2. The Labute approximate surface area is 153 Å². The zero-order valence-corrected chi connectivity index (χ0v) is 14.4. The number of rotatable bonds is 3. The van der Waals surface area contributed by atoms with E-state index >= 15 is 0 Å². The minimum absolute atomic E-state index is 0.772. The molecule has 0 aliphatic carbocycles. The molecule has 2 heteroatoms. The van der Waals surface area contributed by atoms with Crippen LogP contribution in [0, 0.1) is 0 Å². The standard InChI is InChI=1S/C24H20N2/c25-19-13-9-17(10-14-19)21-5-1-3-7-23(21)24-8-4-2-6-22(24)18-11-15-20(26)16-12-18/h1-16H,25-26H2. The Morgan fingerprint density at radius 2 is 0.654 bits per heavy atom. The summed E-state index contributed by atoms with van der Waals surface area (Å²) in [7, 11) is 0. The Morgan fingerprint density at radius 1 is 0.346 bits per heavy atom. The van der Waals surface area contributed by atoms with Gasteiger partial charge in [0.05, 0.1) is 0 Å². The van der Waals surface area contributed by atoms with Crippen LogP contribution in [0.4, 0.5) is 11.4 Å². The van der Waals surface area contributed by atoms with Crippen molar-refractivity contribution in [3.05, 3.63) is 97.1 Å². The lowest BCUT2D eigenvalue weighted by atomic mass is 9.89. The number of nitrogens with two attached hydrogens (primary N) is 2. The van der Waals surface area contributed by atoms with E-state index in [9.17, 15) is 0 Å². The highest BCUT2D eigenvalue weighted by molar-refractivity contribution is 5.91. The molecule has 0 fully saturated rings. The average Bonchev–Trinajstić information content (AvgIpc) is 2.69. The first-order chi connectivity index (χ1) is 12.7. The maximum atomic E-state index is 5.86. The highest BCUT2D eigenvalue weighted by atomic mass is 14.5. The van der Waals surface area contributed by atoms with E-state index in [0.717, 1.165) is 22.5 Å². The summed E-state index contributed by atoms with van der Waals surface area (Å²) >= 11 is 0. The van der Waals surface area contributed by atoms with Crippen LogP contribution in [0.5, 0.6) is 0 Å². The van der Waals surface area contributed by atoms with Crippen LogP contribution >= 0.6 is 0 Å². The van der Waals surface area contributed by atoms with Crippen molar-refractivity contribution >= 4 is 11.4 Å². The highest BCUT2D eigenvalue weighted by Gasteiger charge is 2.11. The van der Waals surface area contributed by atoms with E-state index in [4.69, 9.17) is 11.5 Å². The van der Waals surface area contributed by atoms with E-state index in [1.807, 2.05) is 24.3 Å². The van der Waals surface area contributed by atoms with Gasteiger partial charge in [0, 0.05) is 11.4 Å². The third-order valence-corrected chi connectivity index (χ3v) is 4.59. The summed E-state index contributed by atoms with van der Waals surface area (Å²) in [5, 5.41) is 0. The third kappa shape index (κ3) is 3.05. The molecule has 0 unspecified atom stereocenters. The minimum atomic E-state index is 0.772. The molecule has 126 valence electrons. The van der Waals surface area contributed by atoms with E-state index < -0.39 is 0 Å². The molecule has 0 spiro atoms. The molecule has 4 aromatic rings. The number of anilines is 2. The molecule has 0 saturated carbocycles. The van der Waals surface area contributed by atoms with Crippen LogP contribution in [0.25, 0.3) is 33.4 Å². The molecule has 2 nitrogen and oxygen atoms in total. The molecule has 0 amide bonds. The van der Waals surface area contributed by atoms with Gasteiger partial charge in [0.25, 0.3) is 0 Å². The lowest BCUT2D eigenvalue weighted by Gasteiger charge is -2.15. The fourth-order valence-electron chi connectivity index (χ4n) is 3.26. The normalized spacial score (nSPS) is 10.6. The highest BCUT2D eigenvalue weighted by Crippen LogP contribution is 2.38. The van der Waals surface area contributed by atoms with E-state index in [-0.39, 0.29) is 0 Å². The van der Waals surface area contributed by atoms with Crippen LogP contribution in [0.15, 0.2) is 97.1 Å². The molecule has 4 N–H and O–H groups in total. The molecule has 4 rings (SSSR count). The quantitative estimate of drug-likeness (QED) is 0.461. The summed E-state index contributed by atoms with van der Waals surface area (Å²) in [6, 6.07) is 33.0. The lowest BCUT2D eigenvalue weighted by Crippen LogP contribution is -1.90. The number of benzene rings is 4. The summed E-state index contributed by atoms with van der Waals surface area (Å²) in [6.07, 6.45) is 0. The molecule has 0 atom stereocenters. The second-order valence-electron chi connectivity index (χ2n) is 6.34. The molecular formula is C24H20N2. The van der Waals surface area contributed by atoms with E-state index in [1.165, 1.54) is 22.3 Å². The average molecular weight is 336 g/mol. The van der Waals surface area contributed by atoms with Gasteiger partial charge in [-0.2, -0.15) is 0 Å². The van der Waals surface area contributed by atoms with Crippen LogP contribution in [-0.4, -0.2) is 0 Å². The van der Waals surface area contributed by atoms with Crippen molar-refractivity contribution in [1.29, 1.82) is 0 Å². The van der Waals surface area contributed by atoms with Gasteiger partial charge in [0.1, 0.15) is 0 Å². The van der Waals surface area contributed by atoms with Crippen LogP contribution in [-0.2, 0) is 0 Å². The monoisotopic (exact) mass is 336 g/mol. The van der Waals surface area contributed by atoms with E-state index in [2.05, 4.69) is 72.8 Å². The van der Waals surface area contributed by atoms with Gasteiger partial charge in [-0.05, 0) is 57.6 Å². The molecule has 0 radical (unpaired) electrons. The second-order valence-corrected chi connectivity index (χ2v) is 6.34. The van der Waals surface area contributed by atoms with E-state index in [0.29, 0.717) is 0 Å². The van der Waals surface area contributed by atoms with Crippen LogP contribution in [0.2, 0.25) is 0 Å². The molecule has 0 aliphatic rings. The molecule has 4 aromatic carbocycles. The van der Waals surface area contributed by atoms with Gasteiger partial charge < -0.3 is 11.5 Å². The van der Waals surface area contributed by atoms with Gasteiger partial charge in [-0.25, -0.2) is 0 Å². The molecular weight excluding hydrogens is 316 g/mol. The van der Waals surface area contributed by atoms with Gasteiger partial charge in [-0.1, -0.05) is 72.8 Å². The van der Waals surface area contributed by atoms with Crippen LogP contribution < -0.4 is 11.5 Å². The molecule has 26 heavy (non-hydrogen) atoms. The molecule has 0 heterocycles. The molecule has 0 aliphatic heterocycles. The zero-order valence-electron chi connectivity index (χ0n) is 14.4. The summed E-state index contributed by atoms with van der Waals surface area (Å²) in [5.74, 6) is 0. The van der Waals surface area contributed by atoms with Crippen molar-refractivity contribution < 1.29 is 0 Å². The SMILES string of the molecule is Nc1ccc(-c2ccccc2-c2ccccc2-c2ccc(N)cc2)cc1. The van der Waals surface area contributed by atoms with Crippen molar-refractivity contribution in [1.82, 2.24) is 0 Å². The van der Waals surface area contributed by atoms with Crippen LogP contribution in [0.1, 0.15) is 0 Å². The van der Waals surface area contributed by atoms with Crippen molar-refractivity contribution in [2.45, 2.75) is 0 Å². The maximum absolute atomic E-state index is 5.86.